The summed E-state index contributed by atoms with van der Waals surface area (Å²) < 4.78 is 31.0. The lowest BCUT2D eigenvalue weighted by Gasteiger charge is -2.41. The fourth-order valence-electron chi connectivity index (χ4n) is 6.68. The van der Waals surface area contributed by atoms with Gasteiger partial charge in [0.15, 0.2) is 5.65 Å². The van der Waals surface area contributed by atoms with Crippen LogP contribution in [0.4, 0.5) is 14.7 Å². The summed E-state index contributed by atoms with van der Waals surface area (Å²) in [6.07, 6.45) is 9.93. The van der Waals surface area contributed by atoms with E-state index in [1.165, 1.54) is 25.9 Å². The van der Waals surface area contributed by atoms with Gasteiger partial charge < -0.3 is 14.8 Å². The van der Waals surface area contributed by atoms with Crippen molar-refractivity contribution in [3.8, 4) is 11.1 Å². The molecule has 1 aliphatic heterocycles. The van der Waals surface area contributed by atoms with Crippen molar-refractivity contribution in [1.82, 2.24) is 38.9 Å². The number of halogens is 2. The summed E-state index contributed by atoms with van der Waals surface area (Å²) in [6.45, 7) is 6.54. The third-order valence-electron chi connectivity index (χ3n) is 8.97. The first-order chi connectivity index (χ1) is 18.8. The van der Waals surface area contributed by atoms with E-state index in [2.05, 4.69) is 37.1 Å². The van der Waals surface area contributed by atoms with Crippen LogP contribution in [-0.2, 0) is 0 Å². The second-order valence-corrected chi connectivity index (χ2v) is 11.6. The molecular formula is C28H35F2N9. The number of anilines is 1. The van der Waals surface area contributed by atoms with Gasteiger partial charge in [0.05, 0.1) is 17.2 Å². The molecular weight excluding hydrogens is 500 g/mol. The van der Waals surface area contributed by atoms with Gasteiger partial charge >= 0.3 is 0 Å². The van der Waals surface area contributed by atoms with Crippen molar-refractivity contribution < 1.29 is 8.78 Å². The number of nitrogens with one attached hydrogen (secondary N) is 1. The molecule has 0 atom stereocenters. The Labute approximate surface area is 226 Å². The highest BCUT2D eigenvalue weighted by molar-refractivity contribution is 5.85. The molecule has 206 valence electrons. The lowest BCUT2D eigenvalue weighted by molar-refractivity contribution is -0.103. The van der Waals surface area contributed by atoms with Crippen LogP contribution >= 0.6 is 0 Å². The Morgan fingerprint density at radius 1 is 0.949 bits per heavy atom. The monoisotopic (exact) mass is 535 g/mol. The molecule has 0 unspecified atom stereocenters. The Morgan fingerprint density at radius 2 is 1.72 bits per heavy atom. The Balaban J connectivity index is 1.06. The third kappa shape index (κ3) is 4.65. The van der Waals surface area contributed by atoms with Gasteiger partial charge in [0.25, 0.3) is 5.92 Å². The zero-order valence-electron chi connectivity index (χ0n) is 22.5. The van der Waals surface area contributed by atoms with E-state index in [9.17, 15) is 8.78 Å². The molecule has 5 heterocycles. The maximum absolute atomic E-state index is 13.6. The van der Waals surface area contributed by atoms with Gasteiger partial charge in [0.1, 0.15) is 5.82 Å². The minimum absolute atomic E-state index is 0.153. The Kier molecular flexibility index (Phi) is 6.04. The molecule has 11 heteroatoms. The van der Waals surface area contributed by atoms with Crippen molar-refractivity contribution in [2.45, 2.75) is 69.5 Å². The van der Waals surface area contributed by atoms with Crippen LogP contribution in [0.1, 0.15) is 50.4 Å². The third-order valence-corrected chi connectivity index (χ3v) is 8.97. The fraction of sp³-hybridized carbons (Fsp3) is 0.571. The number of alkyl halides is 2. The first kappa shape index (κ1) is 24.8. The minimum atomic E-state index is -2.59. The summed E-state index contributed by atoms with van der Waals surface area (Å²) in [5, 5.41) is 8.30. The minimum Gasteiger partial charge on any atom is -0.350 e. The van der Waals surface area contributed by atoms with E-state index in [0.717, 1.165) is 48.1 Å². The average molecular weight is 536 g/mol. The molecule has 1 saturated heterocycles. The van der Waals surface area contributed by atoms with Gasteiger partial charge in [0.2, 0.25) is 5.95 Å². The second kappa shape index (κ2) is 9.48. The quantitative estimate of drug-likeness (QED) is 0.406. The first-order valence-electron chi connectivity index (χ1n) is 14.1. The molecule has 0 bridgehead atoms. The summed E-state index contributed by atoms with van der Waals surface area (Å²) in [5.74, 6) is -1.24. The van der Waals surface area contributed by atoms with Gasteiger partial charge in [-0.15, -0.1) is 5.10 Å². The molecule has 2 aliphatic carbocycles. The van der Waals surface area contributed by atoms with Crippen molar-refractivity contribution in [2.75, 3.05) is 38.5 Å². The number of fused-ring (bicyclic) bond motifs is 2. The summed E-state index contributed by atoms with van der Waals surface area (Å²) in [6, 6.07) is 4.83. The van der Waals surface area contributed by atoms with Gasteiger partial charge in [-0.05, 0) is 51.8 Å². The lowest BCUT2D eigenvalue weighted by Crippen LogP contribution is -2.50. The first-order valence-corrected chi connectivity index (χ1v) is 14.1. The van der Waals surface area contributed by atoms with E-state index in [-0.39, 0.29) is 18.9 Å². The topological polar surface area (TPSA) is 79.4 Å². The Hall–Kier alpha value is -3.18. The van der Waals surface area contributed by atoms with Gasteiger partial charge in [-0.25, -0.2) is 28.2 Å². The van der Waals surface area contributed by atoms with Crippen LogP contribution in [0.15, 0.2) is 30.7 Å². The molecule has 4 aromatic rings. The highest BCUT2D eigenvalue weighted by Gasteiger charge is 2.47. The lowest BCUT2D eigenvalue weighted by atomic mass is 9.87. The molecule has 0 amide bonds. The van der Waals surface area contributed by atoms with Crippen LogP contribution in [-0.4, -0.2) is 90.2 Å². The highest BCUT2D eigenvalue weighted by atomic mass is 19.3. The number of imidazole rings is 1. The molecule has 3 fully saturated rings. The molecule has 9 nitrogen and oxygen atoms in total. The summed E-state index contributed by atoms with van der Waals surface area (Å²) in [4.78, 5) is 18.8. The van der Waals surface area contributed by atoms with Gasteiger partial charge in [-0.3, -0.25) is 4.90 Å². The van der Waals surface area contributed by atoms with Gasteiger partial charge in [-0.2, -0.15) is 0 Å². The second-order valence-electron chi connectivity index (χ2n) is 11.6. The van der Waals surface area contributed by atoms with Crippen LogP contribution < -0.4 is 5.32 Å². The fourth-order valence-corrected chi connectivity index (χ4v) is 6.68. The number of rotatable bonds is 5. The van der Waals surface area contributed by atoms with Gasteiger partial charge in [0, 0.05) is 80.7 Å². The number of hydrogen-bond donors (Lipinski definition) is 1. The van der Waals surface area contributed by atoms with Crippen molar-refractivity contribution in [3.63, 3.8) is 0 Å². The van der Waals surface area contributed by atoms with Crippen molar-refractivity contribution in [1.29, 1.82) is 0 Å². The highest BCUT2D eigenvalue weighted by Crippen LogP contribution is 2.47. The Morgan fingerprint density at radius 3 is 2.46 bits per heavy atom. The normalized spacial score (nSPS) is 24.8. The predicted octanol–water partition coefficient (Wildman–Crippen LogP) is 4.39. The summed E-state index contributed by atoms with van der Waals surface area (Å²) >= 11 is 0. The molecule has 39 heavy (non-hydrogen) atoms. The van der Waals surface area contributed by atoms with Crippen molar-refractivity contribution in [3.05, 3.63) is 36.5 Å². The number of pyridine rings is 1. The molecule has 0 aromatic carbocycles. The zero-order chi connectivity index (χ0) is 26.7. The van der Waals surface area contributed by atoms with E-state index in [1.807, 2.05) is 40.5 Å². The molecule has 1 N–H and O–H groups in total. The number of aryl methyl sites for hydroxylation is 1. The number of piperazine rings is 1. The largest absolute Gasteiger partial charge is 0.350 e. The molecule has 0 radical (unpaired) electrons. The van der Waals surface area contributed by atoms with E-state index in [1.54, 1.807) is 6.20 Å². The van der Waals surface area contributed by atoms with E-state index < -0.39 is 5.92 Å². The molecule has 0 spiro atoms. The predicted molar refractivity (Wildman–Crippen MR) is 146 cm³/mol. The van der Waals surface area contributed by atoms with E-state index in [0.29, 0.717) is 29.5 Å². The summed E-state index contributed by atoms with van der Waals surface area (Å²) in [5.41, 5.74) is 4.09. The number of nitrogens with zero attached hydrogens (tertiary/aromatic N) is 8. The van der Waals surface area contributed by atoms with Crippen LogP contribution in [0.3, 0.4) is 0 Å². The smallest absolute Gasteiger partial charge is 0.252 e. The molecule has 3 aliphatic rings. The maximum Gasteiger partial charge on any atom is 0.252 e. The zero-order valence-corrected chi connectivity index (χ0v) is 22.5. The standard InChI is InChI=1S/C28H35F2N9/c1-18-33-26-24(39(18)22-14-28(29,30)15-22)13-19(16-31-26)23-7-8-38-25(23)17-32-27(35-38)34-20-3-5-21(6-4-20)37-11-9-36(2)10-12-37/h7-8,13,16-17,20-22H,3-6,9-12,14-15H2,1-2H3,(H,34,35). The number of likely N-dealkylation sites (N-methyl/N-ethyl adjacent to an activating group) is 1. The summed E-state index contributed by atoms with van der Waals surface area (Å²) in [7, 11) is 2.20. The van der Waals surface area contributed by atoms with Crippen molar-refractivity contribution in [2.24, 2.45) is 0 Å². The average Bonchev–Trinajstić information content (AvgIpc) is 3.47. The van der Waals surface area contributed by atoms with Crippen LogP contribution in [0, 0.1) is 6.92 Å². The number of hydrogen-bond acceptors (Lipinski definition) is 7. The van der Waals surface area contributed by atoms with Crippen LogP contribution in [0.2, 0.25) is 0 Å². The molecule has 4 aromatic heterocycles. The molecule has 7 rings (SSSR count). The SMILES string of the molecule is Cc1nc2ncc(-c3ccn4nc(NC5CCC(N6CCN(C)CC6)CC5)ncc34)cc2n1C1CC(F)(F)C1. The number of aromatic nitrogens is 6. The van der Waals surface area contributed by atoms with E-state index >= 15 is 0 Å². The van der Waals surface area contributed by atoms with E-state index in [4.69, 9.17) is 5.10 Å². The Bertz CT molecular complexity index is 1490. The van der Waals surface area contributed by atoms with Crippen LogP contribution in [0.5, 0.6) is 0 Å². The maximum atomic E-state index is 13.6. The molecule has 2 saturated carbocycles. The van der Waals surface area contributed by atoms with Gasteiger partial charge in [-0.1, -0.05) is 0 Å². The van der Waals surface area contributed by atoms with Crippen LogP contribution in [0.25, 0.3) is 27.8 Å². The van der Waals surface area contributed by atoms with Crippen molar-refractivity contribution >= 4 is 22.6 Å².